The van der Waals surface area contributed by atoms with E-state index in [1.165, 1.54) is 19.3 Å². The van der Waals surface area contributed by atoms with E-state index in [0.29, 0.717) is 6.04 Å². The summed E-state index contributed by atoms with van der Waals surface area (Å²) in [7, 11) is 0. The Kier molecular flexibility index (Phi) is 3.06. The molecule has 0 aromatic heterocycles. The molecule has 0 amide bonds. The zero-order chi connectivity index (χ0) is 10.9. The van der Waals surface area contributed by atoms with Crippen molar-refractivity contribution >= 4 is 0 Å². The second kappa shape index (κ2) is 4.04. The molecular formula is C12H24N2O. The second-order valence-electron chi connectivity index (χ2n) is 6.04. The molecule has 2 aliphatic rings. The van der Waals surface area contributed by atoms with Gasteiger partial charge in [-0.15, -0.1) is 0 Å². The highest BCUT2D eigenvalue weighted by molar-refractivity contribution is 4.96. The standard InChI is InChI=1S/C12H24N2O/c1-11(2,3)14-10-8-12(15-9-10)4-6-13-7-5-12/h10,13-14H,4-9H2,1-3H3/t10-/m1/s1. The summed E-state index contributed by atoms with van der Waals surface area (Å²) in [6.45, 7) is 9.78. The molecule has 2 N–H and O–H groups in total. The smallest absolute Gasteiger partial charge is 0.0723 e. The summed E-state index contributed by atoms with van der Waals surface area (Å²) < 4.78 is 6.04. The summed E-state index contributed by atoms with van der Waals surface area (Å²) in [4.78, 5) is 0. The number of ether oxygens (including phenoxy) is 1. The minimum atomic E-state index is 0.189. The zero-order valence-corrected chi connectivity index (χ0v) is 10.2. The molecule has 0 saturated carbocycles. The van der Waals surface area contributed by atoms with Gasteiger partial charge in [0.1, 0.15) is 0 Å². The molecule has 0 aliphatic carbocycles. The number of nitrogens with one attached hydrogen (secondary N) is 2. The van der Waals surface area contributed by atoms with E-state index >= 15 is 0 Å². The summed E-state index contributed by atoms with van der Waals surface area (Å²) in [5.41, 5.74) is 0.390. The zero-order valence-electron chi connectivity index (χ0n) is 10.2. The van der Waals surface area contributed by atoms with Crippen LogP contribution in [0.4, 0.5) is 0 Å². The third-order valence-electron chi connectivity index (χ3n) is 3.36. The Morgan fingerprint density at radius 3 is 2.53 bits per heavy atom. The van der Waals surface area contributed by atoms with Crippen molar-refractivity contribution in [3.63, 3.8) is 0 Å². The van der Waals surface area contributed by atoms with Crippen LogP contribution in [0.1, 0.15) is 40.0 Å². The van der Waals surface area contributed by atoms with Crippen LogP contribution in [0.15, 0.2) is 0 Å². The van der Waals surface area contributed by atoms with Crippen molar-refractivity contribution in [3.05, 3.63) is 0 Å². The Hall–Kier alpha value is -0.120. The minimum absolute atomic E-state index is 0.189. The Morgan fingerprint density at radius 2 is 1.93 bits per heavy atom. The fourth-order valence-electron chi connectivity index (χ4n) is 2.78. The molecule has 2 fully saturated rings. The lowest BCUT2D eigenvalue weighted by molar-refractivity contribution is -0.0195. The average Bonchev–Trinajstić information content (AvgIpc) is 2.47. The first kappa shape index (κ1) is 11.4. The van der Waals surface area contributed by atoms with Gasteiger partial charge in [-0.05, 0) is 53.1 Å². The lowest BCUT2D eigenvalue weighted by atomic mass is 9.88. The monoisotopic (exact) mass is 212 g/mol. The molecule has 3 nitrogen and oxygen atoms in total. The molecule has 3 heteroatoms. The van der Waals surface area contributed by atoms with Crippen LogP contribution in [0.5, 0.6) is 0 Å². The fourth-order valence-corrected chi connectivity index (χ4v) is 2.78. The largest absolute Gasteiger partial charge is 0.373 e. The topological polar surface area (TPSA) is 33.3 Å². The van der Waals surface area contributed by atoms with Crippen molar-refractivity contribution < 1.29 is 4.74 Å². The van der Waals surface area contributed by atoms with Crippen molar-refractivity contribution in [1.29, 1.82) is 0 Å². The molecule has 1 spiro atoms. The normalized spacial score (nSPS) is 31.0. The maximum atomic E-state index is 6.04. The highest BCUT2D eigenvalue weighted by atomic mass is 16.5. The van der Waals surface area contributed by atoms with Crippen LogP contribution in [0, 0.1) is 0 Å². The molecule has 0 bridgehead atoms. The van der Waals surface area contributed by atoms with E-state index in [4.69, 9.17) is 4.74 Å². The summed E-state index contributed by atoms with van der Waals surface area (Å²) in [5.74, 6) is 0. The highest BCUT2D eigenvalue weighted by Crippen LogP contribution is 2.34. The van der Waals surface area contributed by atoms with Gasteiger partial charge in [-0.2, -0.15) is 0 Å². The van der Waals surface area contributed by atoms with Crippen LogP contribution in [-0.2, 0) is 4.74 Å². The van der Waals surface area contributed by atoms with Gasteiger partial charge in [0.2, 0.25) is 0 Å². The van der Waals surface area contributed by atoms with Crippen molar-refractivity contribution in [2.45, 2.75) is 57.2 Å². The summed E-state index contributed by atoms with van der Waals surface area (Å²) in [6, 6.07) is 0.545. The molecule has 2 heterocycles. The third kappa shape index (κ3) is 2.92. The summed E-state index contributed by atoms with van der Waals surface area (Å²) in [6.07, 6.45) is 3.54. The highest BCUT2D eigenvalue weighted by Gasteiger charge is 2.41. The number of rotatable bonds is 1. The number of hydrogen-bond donors (Lipinski definition) is 2. The van der Waals surface area contributed by atoms with Gasteiger partial charge in [0, 0.05) is 11.6 Å². The van der Waals surface area contributed by atoms with Gasteiger partial charge in [0.25, 0.3) is 0 Å². The molecule has 15 heavy (non-hydrogen) atoms. The maximum absolute atomic E-state index is 6.04. The van der Waals surface area contributed by atoms with Crippen molar-refractivity contribution in [2.75, 3.05) is 19.7 Å². The fraction of sp³-hybridized carbons (Fsp3) is 1.00. The van der Waals surface area contributed by atoms with Crippen molar-refractivity contribution in [2.24, 2.45) is 0 Å². The minimum Gasteiger partial charge on any atom is -0.373 e. The van der Waals surface area contributed by atoms with E-state index in [1.54, 1.807) is 0 Å². The Labute approximate surface area is 93.0 Å². The van der Waals surface area contributed by atoms with Gasteiger partial charge >= 0.3 is 0 Å². The Morgan fingerprint density at radius 1 is 1.27 bits per heavy atom. The van der Waals surface area contributed by atoms with Gasteiger partial charge in [-0.1, -0.05) is 0 Å². The van der Waals surface area contributed by atoms with Crippen molar-refractivity contribution in [1.82, 2.24) is 10.6 Å². The van der Waals surface area contributed by atoms with Gasteiger partial charge in [-0.25, -0.2) is 0 Å². The SMILES string of the molecule is CC(C)(C)N[C@H]1COC2(CCNCC2)C1. The molecule has 2 saturated heterocycles. The van der Waals surface area contributed by atoms with Crippen LogP contribution in [0.25, 0.3) is 0 Å². The van der Waals surface area contributed by atoms with Crippen LogP contribution in [0.2, 0.25) is 0 Å². The van der Waals surface area contributed by atoms with Crippen LogP contribution < -0.4 is 10.6 Å². The third-order valence-corrected chi connectivity index (χ3v) is 3.36. The van der Waals surface area contributed by atoms with E-state index in [-0.39, 0.29) is 11.1 Å². The van der Waals surface area contributed by atoms with E-state index < -0.39 is 0 Å². The predicted octanol–water partition coefficient (Wildman–Crippen LogP) is 1.29. The average molecular weight is 212 g/mol. The quantitative estimate of drug-likeness (QED) is 0.687. The number of hydrogen-bond acceptors (Lipinski definition) is 3. The predicted molar refractivity (Wildman–Crippen MR) is 62.1 cm³/mol. The first-order valence-electron chi connectivity index (χ1n) is 6.12. The molecule has 0 aromatic carbocycles. The number of piperidine rings is 1. The van der Waals surface area contributed by atoms with Gasteiger partial charge in [0.05, 0.1) is 12.2 Å². The molecule has 2 rings (SSSR count). The van der Waals surface area contributed by atoms with Crippen LogP contribution in [-0.4, -0.2) is 36.9 Å². The Balaban J connectivity index is 1.88. The van der Waals surface area contributed by atoms with Crippen LogP contribution >= 0.6 is 0 Å². The van der Waals surface area contributed by atoms with E-state index in [1.807, 2.05) is 0 Å². The maximum Gasteiger partial charge on any atom is 0.0723 e. The first-order valence-corrected chi connectivity index (χ1v) is 6.12. The first-order chi connectivity index (χ1) is 6.99. The molecular weight excluding hydrogens is 188 g/mol. The lowest BCUT2D eigenvalue weighted by Gasteiger charge is -2.33. The van der Waals surface area contributed by atoms with Crippen molar-refractivity contribution in [3.8, 4) is 0 Å². The molecule has 1 atom stereocenters. The molecule has 0 unspecified atom stereocenters. The Bertz CT molecular complexity index is 216. The van der Waals surface area contributed by atoms with E-state index in [9.17, 15) is 0 Å². The van der Waals surface area contributed by atoms with Gasteiger partial charge in [0.15, 0.2) is 0 Å². The molecule has 88 valence electrons. The lowest BCUT2D eigenvalue weighted by Crippen LogP contribution is -2.46. The molecule has 0 aromatic rings. The molecule has 2 aliphatic heterocycles. The summed E-state index contributed by atoms with van der Waals surface area (Å²) in [5, 5.41) is 7.04. The summed E-state index contributed by atoms with van der Waals surface area (Å²) >= 11 is 0. The van der Waals surface area contributed by atoms with E-state index in [2.05, 4.69) is 31.4 Å². The molecule has 0 radical (unpaired) electrons. The van der Waals surface area contributed by atoms with Gasteiger partial charge in [-0.3, -0.25) is 0 Å². The second-order valence-corrected chi connectivity index (χ2v) is 6.04. The van der Waals surface area contributed by atoms with Gasteiger partial charge < -0.3 is 15.4 Å². The van der Waals surface area contributed by atoms with Crippen LogP contribution in [0.3, 0.4) is 0 Å². The van der Waals surface area contributed by atoms with E-state index in [0.717, 1.165) is 19.7 Å².